The normalized spacial score (nSPS) is 11.3. The van der Waals surface area contributed by atoms with Crippen LogP contribution in [-0.2, 0) is 10.0 Å². The number of aromatic carboxylic acids is 1. The first kappa shape index (κ1) is 18.0. The molecular formula is C17H13FN2O4S2. The molecule has 0 saturated heterocycles. The Morgan fingerprint density at radius 3 is 2.50 bits per heavy atom. The number of aromatic nitrogens is 1. The molecule has 0 unspecified atom stereocenters. The Morgan fingerprint density at radius 2 is 1.88 bits per heavy atom. The van der Waals surface area contributed by atoms with Crippen LogP contribution in [0.1, 0.15) is 15.9 Å². The van der Waals surface area contributed by atoms with Gasteiger partial charge in [0.15, 0.2) is 4.21 Å². The number of halogens is 1. The van der Waals surface area contributed by atoms with E-state index in [1.54, 1.807) is 6.92 Å². The van der Waals surface area contributed by atoms with Gasteiger partial charge < -0.3 is 5.11 Å². The lowest BCUT2D eigenvalue weighted by Gasteiger charge is -2.09. The average molecular weight is 392 g/mol. The van der Waals surface area contributed by atoms with Crippen molar-refractivity contribution in [3.63, 3.8) is 0 Å². The van der Waals surface area contributed by atoms with Gasteiger partial charge in [0.05, 0.1) is 17.4 Å². The van der Waals surface area contributed by atoms with Crippen LogP contribution in [-0.4, -0.2) is 24.5 Å². The van der Waals surface area contributed by atoms with E-state index in [-0.39, 0.29) is 21.3 Å². The van der Waals surface area contributed by atoms with E-state index in [4.69, 9.17) is 5.11 Å². The van der Waals surface area contributed by atoms with Gasteiger partial charge in [-0.2, -0.15) is 0 Å². The number of thiazole rings is 1. The molecule has 1 heterocycles. The third-order valence-corrected chi connectivity index (χ3v) is 6.43. The van der Waals surface area contributed by atoms with E-state index in [1.807, 2.05) is 0 Å². The summed E-state index contributed by atoms with van der Waals surface area (Å²) in [5.41, 5.74) is 1.45. The highest BCUT2D eigenvalue weighted by Crippen LogP contribution is 2.30. The maximum atomic E-state index is 13.0. The molecule has 0 aliphatic heterocycles. The highest BCUT2D eigenvalue weighted by atomic mass is 32.2. The first-order chi connectivity index (χ1) is 12.3. The molecule has 0 aliphatic rings. The zero-order valence-corrected chi connectivity index (χ0v) is 15.1. The third-order valence-electron chi connectivity index (χ3n) is 3.56. The molecule has 0 saturated carbocycles. The summed E-state index contributed by atoms with van der Waals surface area (Å²) in [6, 6.07) is 9.70. The molecule has 3 rings (SSSR count). The molecule has 3 aromatic rings. The lowest BCUT2D eigenvalue weighted by molar-refractivity contribution is 0.0697. The van der Waals surface area contributed by atoms with Crippen molar-refractivity contribution >= 4 is 33.0 Å². The molecular weight excluding hydrogens is 379 g/mol. The Morgan fingerprint density at radius 1 is 1.19 bits per heavy atom. The number of carbonyl (C=O) groups is 1. The number of hydrogen-bond acceptors (Lipinski definition) is 5. The van der Waals surface area contributed by atoms with Crippen molar-refractivity contribution < 1.29 is 22.7 Å². The number of nitrogens with zero attached hydrogens (tertiary/aromatic N) is 1. The van der Waals surface area contributed by atoms with Crippen LogP contribution in [0.2, 0.25) is 0 Å². The van der Waals surface area contributed by atoms with E-state index < -0.39 is 16.0 Å². The van der Waals surface area contributed by atoms with E-state index >= 15 is 0 Å². The summed E-state index contributed by atoms with van der Waals surface area (Å²) in [6.45, 7) is 1.61. The van der Waals surface area contributed by atoms with E-state index in [1.165, 1.54) is 48.7 Å². The zero-order valence-electron chi connectivity index (χ0n) is 13.4. The van der Waals surface area contributed by atoms with Crippen LogP contribution in [0, 0.1) is 12.7 Å². The molecule has 0 bridgehead atoms. The van der Waals surface area contributed by atoms with Gasteiger partial charge in [0, 0.05) is 5.56 Å². The number of hydrogen-bond donors (Lipinski definition) is 2. The summed E-state index contributed by atoms with van der Waals surface area (Å²) in [4.78, 5) is 15.0. The van der Waals surface area contributed by atoms with Crippen LogP contribution in [0.5, 0.6) is 0 Å². The molecule has 9 heteroatoms. The van der Waals surface area contributed by atoms with Crippen molar-refractivity contribution in [2.75, 3.05) is 4.72 Å². The Bertz CT molecular complexity index is 1080. The van der Waals surface area contributed by atoms with Crippen LogP contribution in [0.4, 0.5) is 10.1 Å². The van der Waals surface area contributed by atoms with Gasteiger partial charge in [0.25, 0.3) is 10.0 Å². The molecule has 26 heavy (non-hydrogen) atoms. The van der Waals surface area contributed by atoms with Gasteiger partial charge in [-0.15, -0.1) is 11.3 Å². The smallest absolute Gasteiger partial charge is 0.335 e. The second-order valence-electron chi connectivity index (χ2n) is 5.43. The van der Waals surface area contributed by atoms with Gasteiger partial charge in [0.2, 0.25) is 0 Å². The van der Waals surface area contributed by atoms with E-state index in [0.29, 0.717) is 16.1 Å². The molecule has 0 atom stereocenters. The summed E-state index contributed by atoms with van der Waals surface area (Å²) in [5, 5.41) is 9.42. The topological polar surface area (TPSA) is 96.4 Å². The highest BCUT2D eigenvalue weighted by molar-refractivity contribution is 7.94. The van der Waals surface area contributed by atoms with Crippen LogP contribution in [0.25, 0.3) is 10.6 Å². The molecule has 2 aromatic carbocycles. The van der Waals surface area contributed by atoms with Gasteiger partial charge in [-0.1, -0.05) is 0 Å². The SMILES string of the molecule is Cc1cc(C(=O)O)ccc1NS(=O)(=O)c1cnc(-c2ccc(F)cc2)s1. The lowest BCUT2D eigenvalue weighted by Crippen LogP contribution is -2.12. The van der Waals surface area contributed by atoms with E-state index in [0.717, 1.165) is 11.3 Å². The van der Waals surface area contributed by atoms with Gasteiger partial charge in [-0.3, -0.25) is 4.72 Å². The second kappa shape index (κ2) is 6.85. The molecule has 0 fully saturated rings. The quantitative estimate of drug-likeness (QED) is 0.689. The maximum Gasteiger partial charge on any atom is 0.335 e. The molecule has 0 amide bonds. The molecule has 0 spiro atoms. The Labute approximate surface area is 153 Å². The van der Waals surface area contributed by atoms with Crippen molar-refractivity contribution in [3.8, 4) is 10.6 Å². The van der Waals surface area contributed by atoms with Crippen molar-refractivity contribution in [1.82, 2.24) is 4.98 Å². The standard InChI is InChI=1S/C17H13FN2O4S2/c1-10-8-12(17(21)22)4-7-14(10)20-26(23,24)15-9-19-16(25-15)11-2-5-13(18)6-3-11/h2-9,20H,1H3,(H,21,22). The monoisotopic (exact) mass is 392 g/mol. The summed E-state index contributed by atoms with van der Waals surface area (Å²) < 4.78 is 40.5. The molecule has 2 N–H and O–H groups in total. The summed E-state index contributed by atoms with van der Waals surface area (Å²) in [7, 11) is -3.88. The number of carboxylic acid groups (broad SMARTS) is 1. The van der Waals surface area contributed by atoms with Crippen molar-refractivity contribution in [1.29, 1.82) is 0 Å². The lowest BCUT2D eigenvalue weighted by atomic mass is 10.1. The molecule has 0 radical (unpaired) electrons. The summed E-state index contributed by atoms with van der Waals surface area (Å²) in [6.07, 6.45) is 1.23. The minimum atomic E-state index is -3.88. The highest BCUT2D eigenvalue weighted by Gasteiger charge is 2.20. The Balaban J connectivity index is 1.87. The fraction of sp³-hybridized carbons (Fsp3) is 0.0588. The third kappa shape index (κ3) is 3.73. The number of nitrogens with one attached hydrogen (secondary N) is 1. The van der Waals surface area contributed by atoms with Gasteiger partial charge >= 0.3 is 5.97 Å². The fourth-order valence-electron chi connectivity index (χ4n) is 2.22. The minimum absolute atomic E-state index is 0.00136. The van der Waals surface area contributed by atoms with Crippen LogP contribution in [0.3, 0.4) is 0 Å². The molecule has 0 aliphatic carbocycles. The van der Waals surface area contributed by atoms with Crippen LogP contribution < -0.4 is 4.72 Å². The van der Waals surface area contributed by atoms with Crippen molar-refractivity contribution in [2.24, 2.45) is 0 Å². The van der Waals surface area contributed by atoms with E-state index in [9.17, 15) is 17.6 Å². The van der Waals surface area contributed by atoms with Crippen LogP contribution in [0.15, 0.2) is 52.9 Å². The number of rotatable bonds is 5. The summed E-state index contributed by atoms with van der Waals surface area (Å²) >= 11 is 0.954. The second-order valence-corrected chi connectivity index (χ2v) is 8.37. The largest absolute Gasteiger partial charge is 0.478 e. The first-order valence-electron chi connectivity index (χ1n) is 7.35. The molecule has 6 nitrogen and oxygen atoms in total. The number of carboxylic acids is 1. The fourth-order valence-corrected chi connectivity index (χ4v) is 4.48. The number of sulfonamides is 1. The first-order valence-corrected chi connectivity index (χ1v) is 9.65. The summed E-state index contributed by atoms with van der Waals surface area (Å²) in [5.74, 6) is -1.48. The predicted octanol–water partition coefficient (Wildman–Crippen LogP) is 3.76. The van der Waals surface area contributed by atoms with Crippen LogP contribution >= 0.6 is 11.3 Å². The van der Waals surface area contributed by atoms with E-state index in [2.05, 4.69) is 9.71 Å². The Kier molecular flexibility index (Phi) is 4.75. The van der Waals surface area contributed by atoms with Crippen molar-refractivity contribution in [3.05, 3.63) is 65.6 Å². The van der Waals surface area contributed by atoms with Crippen molar-refractivity contribution in [2.45, 2.75) is 11.1 Å². The minimum Gasteiger partial charge on any atom is -0.478 e. The Hall–Kier alpha value is -2.78. The van der Waals surface area contributed by atoms with Gasteiger partial charge in [-0.25, -0.2) is 22.6 Å². The van der Waals surface area contributed by atoms with Gasteiger partial charge in [-0.05, 0) is 55.0 Å². The number of anilines is 1. The molecule has 1 aromatic heterocycles. The molecule has 134 valence electrons. The average Bonchev–Trinajstić information content (AvgIpc) is 3.08. The number of aryl methyl sites for hydroxylation is 1. The maximum absolute atomic E-state index is 13.0. The predicted molar refractivity (Wildman–Crippen MR) is 96.5 cm³/mol. The van der Waals surface area contributed by atoms with Gasteiger partial charge in [0.1, 0.15) is 10.8 Å². The number of benzene rings is 2. The zero-order chi connectivity index (χ0) is 18.9.